The van der Waals surface area contributed by atoms with E-state index < -0.39 is 25.2 Å². The fourth-order valence-electron chi connectivity index (χ4n) is 1.35. The van der Waals surface area contributed by atoms with Crippen molar-refractivity contribution < 1.29 is 30.9 Å². The van der Waals surface area contributed by atoms with Crippen LogP contribution in [0.4, 0.5) is 5.69 Å². The minimum atomic E-state index is -4.27. The maximum absolute atomic E-state index is 10.5. The fraction of sp³-hybridized carbons (Fsp3) is 0. The molecule has 24 heavy (non-hydrogen) atoms. The quantitative estimate of drug-likeness (QED) is 0.420. The van der Waals surface area contributed by atoms with Crippen LogP contribution in [0.3, 0.4) is 0 Å². The van der Waals surface area contributed by atoms with Crippen LogP contribution in [0.2, 0.25) is 0 Å². The number of nitrogens with zero attached hydrogens (tertiary/aromatic N) is 1. The highest BCUT2D eigenvalue weighted by molar-refractivity contribution is 9.10. The molecule has 0 heterocycles. The second-order valence-electron chi connectivity index (χ2n) is 4.16. The Hall–Kier alpha value is -1.86. The lowest BCUT2D eigenvalue weighted by Crippen LogP contribution is -1.97. The molecule has 0 saturated heterocycles. The molecule has 2 aromatic rings. The van der Waals surface area contributed by atoms with E-state index in [-0.39, 0.29) is 15.5 Å². The fourth-order valence-corrected chi connectivity index (χ4v) is 2.57. The first-order valence-electron chi connectivity index (χ1n) is 5.86. The highest BCUT2D eigenvalue weighted by Crippen LogP contribution is 2.15. The van der Waals surface area contributed by atoms with E-state index in [1.54, 1.807) is 12.1 Å². The van der Waals surface area contributed by atoms with Crippen LogP contribution in [0.25, 0.3) is 0 Å². The zero-order valence-electron chi connectivity index (χ0n) is 11.6. The third-order valence-electron chi connectivity index (χ3n) is 2.46. The van der Waals surface area contributed by atoms with Crippen LogP contribution in [-0.2, 0) is 20.2 Å². The van der Waals surface area contributed by atoms with E-state index in [2.05, 4.69) is 15.9 Å². The maximum atomic E-state index is 10.5. The molecule has 0 atom stereocenters. The summed E-state index contributed by atoms with van der Waals surface area (Å²) in [6.45, 7) is 0. The first-order valence-corrected chi connectivity index (χ1v) is 9.53. The van der Waals surface area contributed by atoms with Gasteiger partial charge in [-0.25, -0.2) is 0 Å². The summed E-state index contributed by atoms with van der Waals surface area (Å²) >= 11 is 3.14. The maximum Gasteiger partial charge on any atom is 0.294 e. The van der Waals surface area contributed by atoms with Crippen molar-refractivity contribution in [1.82, 2.24) is 0 Å². The standard InChI is InChI=1S/C6H5BrO3S.C6H5NO5S/c7-5-1-3-6(4-2-5)11(8,9)10;8-7(9)5-1-3-6(4-2-5)13(10,11)12/h1-4H,(H,8,9,10);1-4H,(H,10,11,12). The molecule has 0 aliphatic heterocycles. The van der Waals surface area contributed by atoms with Crippen LogP contribution in [-0.4, -0.2) is 30.9 Å². The van der Waals surface area contributed by atoms with Gasteiger partial charge >= 0.3 is 0 Å². The molecule has 0 unspecified atom stereocenters. The molecule has 2 aromatic carbocycles. The van der Waals surface area contributed by atoms with Crippen LogP contribution >= 0.6 is 15.9 Å². The number of non-ortho nitro benzene ring substituents is 1. The van der Waals surface area contributed by atoms with Gasteiger partial charge in [-0.1, -0.05) is 15.9 Å². The minimum absolute atomic E-state index is 0.0966. The molecule has 12 heteroatoms. The van der Waals surface area contributed by atoms with E-state index in [1.807, 2.05) is 0 Å². The zero-order valence-corrected chi connectivity index (χ0v) is 14.8. The Bertz CT molecular complexity index is 922. The van der Waals surface area contributed by atoms with Crippen molar-refractivity contribution in [2.75, 3.05) is 0 Å². The van der Waals surface area contributed by atoms with Gasteiger partial charge in [-0.2, -0.15) is 16.8 Å². The Kier molecular flexibility index (Phi) is 6.57. The van der Waals surface area contributed by atoms with E-state index in [4.69, 9.17) is 9.11 Å². The van der Waals surface area contributed by atoms with Gasteiger partial charge < -0.3 is 0 Å². The number of hydrogen-bond acceptors (Lipinski definition) is 6. The molecule has 130 valence electrons. The van der Waals surface area contributed by atoms with Crippen LogP contribution in [0.1, 0.15) is 0 Å². The van der Waals surface area contributed by atoms with Crippen molar-refractivity contribution >= 4 is 41.9 Å². The molecular formula is C12H10BrNO8S2. The Morgan fingerprint density at radius 3 is 1.42 bits per heavy atom. The largest absolute Gasteiger partial charge is 0.294 e. The first-order chi connectivity index (χ1) is 10.9. The summed E-state index contributed by atoms with van der Waals surface area (Å²) in [7, 11) is -8.31. The number of nitro benzene ring substituents is 1. The summed E-state index contributed by atoms with van der Waals surface area (Å²) in [5, 5.41) is 10.2. The molecule has 0 spiro atoms. The smallest absolute Gasteiger partial charge is 0.282 e. The molecule has 2 N–H and O–H groups in total. The summed E-state index contributed by atoms with van der Waals surface area (Å²) in [6, 6.07) is 9.66. The van der Waals surface area contributed by atoms with Gasteiger partial charge in [0.2, 0.25) is 0 Å². The third-order valence-corrected chi connectivity index (χ3v) is 4.72. The third kappa shape index (κ3) is 6.33. The molecule has 9 nitrogen and oxygen atoms in total. The van der Waals surface area contributed by atoms with E-state index in [9.17, 15) is 26.9 Å². The van der Waals surface area contributed by atoms with Crippen molar-refractivity contribution in [3.05, 3.63) is 63.1 Å². The number of benzene rings is 2. The molecule has 0 fully saturated rings. The second-order valence-corrected chi connectivity index (χ2v) is 7.91. The van der Waals surface area contributed by atoms with Gasteiger partial charge in [0.25, 0.3) is 25.9 Å². The topological polar surface area (TPSA) is 152 Å². The lowest BCUT2D eigenvalue weighted by molar-refractivity contribution is -0.384. The molecule has 0 aromatic heterocycles. The lowest BCUT2D eigenvalue weighted by Gasteiger charge is -1.94. The molecule has 0 aliphatic rings. The molecule has 0 aliphatic carbocycles. The van der Waals surface area contributed by atoms with Crippen molar-refractivity contribution in [2.24, 2.45) is 0 Å². The average Bonchev–Trinajstić information content (AvgIpc) is 2.46. The number of rotatable bonds is 3. The van der Waals surface area contributed by atoms with Crippen LogP contribution in [0.5, 0.6) is 0 Å². The van der Waals surface area contributed by atoms with Crippen molar-refractivity contribution in [3.63, 3.8) is 0 Å². The van der Waals surface area contributed by atoms with E-state index >= 15 is 0 Å². The van der Waals surface area contributed by atoms with E-state index in [0.29, 0.717) is 0 Å². The molecule has 0 bridgehead atoms. The summed E-state index contributed by atoms with van der Waals surface area (Å²) in [4.78, 5) is 9.04. The predicted octanol–water partition coefficient (Wildman–Crippen LogP) is 2.54. The summed E-state index contributed by atoms with van der Waals surface area (Å²) in [5.74, 6) is 0. The average molecular weight is 440 g/mol. The van der Waals surface area contributed by atoms with Gasteiger partial charge in [-0.05, 0) is 36.4 Å². The monoisotopic (exact) mass is 439 g/mol. The van der Waals surface area contributed by atoms with Gasteiger partial charge in [0, 0.05) is 16.6 Å². The normalized spacial score (nSPS) is 11.3. The van der Waals surface area contributed by atoms with E-state index in [0.717, 1.165) is 28.7 Å². The van der Waals surface area contributed by atoms with E-state index in [1.165, 1.54) is 12.1 Å². The number of halogens is 1. The second kappa shape index (κ2) is 7.81. The molecule has 0 radical (unpaired) electrons. The Morgan fingerprint density at radius 1 is 0.792 bits per heavy atom. The molecule has 2 rings (SSSR count). The van der Waals surface area contributed by atoms with Gasteiger partial charge in [-0.3, -0.25) is 19.2 Å². The van der Waals surface area contributed by atoms with Gasteiger partial charge in [0.05, 0.1) is 14.7 Å². The van der Waals surface area contributed by atoms with Gasteiger partial charge in [0.15, 0.2) is 0 Å². The summed E-state index contributed by atoms with van der Waals surface area (Å²) in [5.41, 5.74) is -0.229. The SMILES string of the molecule is O=S(=O)(O)c1ccc(Br)cc1.O=[N+]([O-])c1ccc(S(=O)(=O)O)cc1. The van der Waals surface area contributed by atoms with Crippen molar-refractivity contribution in [2.45, 2.75) is 9.79 Å². The Labute approximate surface area is 145 Å². The molecular weight excluding hydrogens is 430 g/mol. The summed E-state index contributed by atoms with van der Waals surface area (Å²) in [6.07, 6.45) is 0. The highest BCUT2D eigenvalue weighted by Gasteiger charge is 2.11. The Morgan fingerprint density at radius 2 is 1.12 bits per heavy atom. The van der Waals surface area contributed by atoms with Crippen LogP contribution in [0, 0.1) is 10.1 Å². The predicted molar refractivity (Wildman–Crippen MR) is 86.9 cm³/mol. The van der Waals surface area contributed by atoms with Crippen molar-refractivity contribution in [3.8, 4) is 0 Å². The number of hydrogen-bond donors (Lipinski definition) is 2. The molecule has 0 saturated carbocycles. The van der Waals surface area contributed by atoms with Gasteiger partial charge in [-0.15, -0.1) is 0 Å². The minimum Gasteiger partial charge on any atom is -0.282 e. The zero-order chi connectivity index (χ0) is 18.5. The van der Waals surface area contributed by atoms with Gasteiger partial charge in [0.1, 0.15) is 0 Å². The summed E-state index contributed by atoms with van der Waals surface area (Å²) < 4.78 is 59.8. The van der Waals surface area contributed by atoms with Crippen LogP contribution < -0.4 is 0 Å². The number of nitro groups is 1. The Balaban J connectivity index is 0.000000243. The highest BCUT2D eigenvalue weighted by atomic mass is 79.9. The molecule has 0 amide bonds. The van der Waals surface area contributed by atoms with Crippen molar-refractivity contribution in [1.29, 1.82) is 0 Å². The first kappa shape index (κ1) is 20.2. The van der Waals surface area contributed by atoms with Crippen LogP contribution in [0.15, 0.2) is 62.8 Å². The lowest BCUT2D eigenvalue weighted by atomic mass is 10.3.